The first-order chi connectivity index (χ1) is 16.4. The normalized spacial score (nSPS) is 15.9. The van der Waals surface area contributed by atoms with Gasteiger partial charge in [0.1, 0.15) is 0 Å². The zero-order valence-electron chi connectivity index (χ0n) is 18.6. The lowest BCUT2D eigenvalue weighted by Gasteiger charge is -2.19. The second kappa shape index (κ2) is 10.7. The van der Waals surface area contributed by atoms with Crippen LogP contribution in [-0.4, -0.2) is 42.9 Å². The molecular weight excluding hydrogens is 458 g/mol. The first-order valence-corrected chi connectivity index (χ1v) is 11.8. The van der Waals surface area contributed by atoms with Crippen molar-refractivity contribution < 1.29 is 23.9 Å². The zero-order chi connectivity index (χ0) is 24.1. The van der Waals surface area contributed by atoms with E-state index in [1.54, 1.807) is 30.3 Å². The van der Waals surface area contributed by atoms with E-state index in [1.807, 2.05) is 0 Å². The summed E-state index contributed by atoms with van der Waals surface area (Å²) in [5, 5.41) is 6.04. The number of esters is 1. The second-order valence-corrected chi connectivity index (χ2v) is 8.87. The fraction of sp³-hybridized carbons (Fsp3) is 0.360. The molecule has 8 nitrogen and oxygen atoms in total. The third kappa shape index (κ3) is 5.56. The highest BCUT2D eigenvalue weighted by molar-refractivity contribution is 6.31. The van der Waals surface area contributed by atoms with Gasteiger partial charge in [0.2, 0.25) is 5.91 Å². The largest absolute Gasteiger partial charge is 0.452 e. The van der Waals surface area contributed by atoms with E-state index >= 15 is 0 Å². The summed E-state index contributed by atoms with van der Waals surface area (Å²) in [7, 11) is 0. The van der Waals surface area contributed by atoms with Gasteiger partial charge < -0.3 is 20.3 Å². The Hall–Kier alpha value is -3.39. The van der Waals surface area contributed by atoms with E-state index in [0.717, 1.165) is 25.7 Å². The molecule has 2 N–H and O–H groups in total. The van der Waals surface area contributed by atoms with E-state index in [4.69, 9.17) is 16.3 Å². The van der Waals surface area contributed by atoms with Gasteiger partial charge in [-0.1, -0.05) is 36.6 Å². The van der Waals surface area contributed by atoms with Crippen LogP contribution < -0.4 is 15.5 Å². The number of nitrogens with one attached hydrogen (secondary N) is 2. The van der Waals surface area contributed by atoms with Gasteiger partial charge in [-0.3, -0.25) is 14.4 Å². The van der Waals surface area contributed by atoms with Crippen molar-refractivity contribution in [3.63, 3.8) is 0 Å². The van der Waals surface area contributed by atoms with Gasteiger partial charge in [0.05, 0.1) is 22.5 Å². The van der Waals surface area contributed by atoms with Crippen LogP contribution in [0.15, 0.2) is 42.5 Å². The van der Waals surface area contributed by atoms with Gasteiger partial charge in [0.15, 0.2) is 6.61 Å². The van der Waals surface area contributed by atoms with Crippen molar-refractivity contribution in [2.24, 2.45) is 0 Å². The Morgan fingerprint density at radius 1 is 1.03 bits per heavy atom. The lowest BCUT2D eigenvalue weighted by molar-refractivity contribution is -0.119. The van der Waals surface area contributed by atoms with E-state index in [2.05, 4.69) is 10.6 Å². The molecule has 0 aromatic heterocycles. The fourth-order valence-electron chi connectivity index (χ4n) is 4.32. The Kier molecular flexibility index (Phi) is 7.47. The van der Waals surface area contributed by atoms with Crippen LogP contribution in [-0.2, 0) is 14.3 Å². The number of para-hydroxylation sites is 1. The molecule has 9 heteroatoms. The van der Waals surface area contributed by atoms with Crippen molar-refractivity contribution in [2.75, 3.05) is 23.4 Å². The Labute approximate surface area is 202 Å². The number of halogens is 1. The molecule has 3 amide bonds. The SMILES string of the molecule is O=C(COC(=O)c1ccc(Cl)cc1N1CCCC1=O)Nc1ccccc1C(=O)NC1CCCC1. The number of hydrogen-bond acceptors (Lipinski definition) is 5. The maximum Gasteiger partial charge on any atom is 0.340 e. The van der Waals surface area contributed by atoms with Crippen LogP contribution in [0.1, 0.15) is 59.2 Å². The molecule has 0 bridgehead atoms. The Morgan fingerprint density at radius 2 is 1.79 bits per heavy atom. The summed E-state index contributed by atoms with van der Waals surface area (Å²) in [5.41, 5.74) is 1.22. The van der Waals surface area contributed by atoms with Gasteiger partial charge in [-0.15, -0.1) is 0 Å². The van der Waals surface area contributed by atoms with Gasteiger partial charge in [-0.2, -0.15) is 0 Å². The number of hydrogen-bond donors (Lipinski definition) is 2. The average molecular weight is 484 g/mol. The molecule has 0 unspecified atom stereocenters. The first kappa shape index (κ1) is 23.8. The van der Waals surface area contributed by atoms with E-state index in [1.165, 1.54) is 17.0 Å². The number of benzene rings is 2. The van der Waals surface area contributed by atoms with Crippen LogP contribution in [0.2, 0.25) is 5.02 Å². The number of ether oxygens (including phenoxy) is 1. The van der Waals surface area contributed by atoms with Crippen molar-refractivity contribution in [2.45, 2.75) is 44.6 Å². The van der Waals surface area contributed by atoms with E-state index in [0.29, 0.717) is 41.3 Å². The number of nitrogens with zero attached hydrogens (tertiary/aromatic N) is 1. The molecule has 0 spiro atoms. The quantitative estimate of drug-likeness (QED) is 0.580. The summed E-state index contributed by atoms with van der Waals surface area (Å²) in [4.78, 5) is 51.6. The van der Waals surface area contributed by atoms with E-state index in [9.17, 15) is 19.2 Å². The summed E-state index contributed by atoms with van der Waals surface area (Å²) in [5.74, 6) is -1.67. The molecule has 1 saturated carbocycles. The maximum atomic E-state index is 12.7. The molecule has 1 aliphatic heterocycles. The summed E-state index contributed by atoms with van der Waals surface area (Å²) in [6.45, 7) is -0.0624. The van der Waals surface area contributed by atoms with Crippen LogP contribution in [0.4, 0.5) is 11.4 Å². The molecule has 1 heterocycles. The minimum Gasteiger partial charge on any atom is -0.452 e. The molecule has 2 aromatic rings. The summed E-state index contributed by atoms with van der Waals surface area (Å²) < 4.78 is 5.21. The Balaban J connectivity index is 1.39. The topological polar surface area (TPSA) is 105 Å². The molecule has 1 saturated heterocycles. The van der Waals surface area contributed by atoms with Crippen molar-refractivity contribution in [3.05, 3.63) is 58.6 Å². The lowest BCUT2D eigenvalue weighted by atomic mass is 10.1. The first-order valence-electron chi connectivity index (χ1n) is 11.4. The number of anilines is 2. The molecule has 2 aromatic carbocycles. The number of amides is 3. The van der Waals surface area contributed by atoms with Gasteiger partial charge in [-0.25, -0.2) is 4.79 Å². The molecule has 4 rings (SSSR count). The molecule has 2 fully saturated rings. The highest BCUT2D eigenvalue weighted by atomic mass is 35.5. The van der Waals surface area contributed by atoms with Crippen molar-refractivity contribution >= 4 is 46.7 Å². The molecular formula is C25H26ClN3O5. The van der Waals surface area contributed by atoms with Crippen LogP contribution >= 0.6 is 11.6 Å². The molecule has 178 valence electrons. The van der Waals surface area contributed by atoms with Crippen molar-refractivity contribution in [1.82, 2.24) is 5.32 Å². The lowest BCUT2D eigenvalue weighted by Crippen LogP contribution is -2.33. The zero-order valence-corrected chi connectivity index (χ0v) is 19.4. The highest BCUT2D eigenvalue weighted by Gasteiger charge is 2.27. The molecule has 34 heavy (non-hydrogen) atoms. The predicted octanol–water partition coefficient (Wildman–Crippen LogP) is 3.93. The van der Waals surface area contributed by atoms with Gasteiger partial charge in [0.25, 0.3) is 11.8 Å². The van der Waals surface area contributed by atoms with E-state index < -0.39 is 18.5 Å². The summed E-state index contributed by atoms with van der Waals surface area (Å²) in [6.07, 6.45) is 5.18. The standard InChI is InChI=1S/C25H26ClN3O5/c26-16-11-12-19(21(14-16)29-13-5-10-23(29)31)25(33)34-15-22(30)28-20-9-4-3-8-18(20)24(32)27-17-6-1-2-7-17/h3-4,8-9,11-12,14,17H,1-2,5-7,10,13,15H2,(H,27,32)(H,28,30). The predicted molar refractivity (Wildman–Crippen MR) is 128 cm³/mol. The maximum absolute atomic E-state index is 12.7. The van der Waals surface area contributed by atoms with Crippen LogP contribution in [0.3, 0.4) is 0 Å². The van der Waals surface area contributed by atoms with Crippen LogP contribution in [0.25, 0.3) is 0 Å². The third-order valence-electron chi connectivity index (χ3n) is 6.01. The van der Waals surface area contributed by atoms with Crippen molar-refractivity contribution in [3.8, 4) is 0 Å². The number of rotatable bonds is 7. The average Bonchev–Trinajstić information content (AvgIpc) is 3.49. The Morgan fingerprint density at radius 3 is 2.53 bits per heavy atom. The highest BCUT2D eigenvalue weighted by Crippen LogP contribution is 2.29. The van der Waals surface area contributed by atoms with Crippen LogP contribution in [0.5, 0.6) is 0 Å². The third-order valence-corrected chi connectivity index (χ3v) is 6.25. The molecule has 1 aliphatic carbocycles. The number of carbonyl (C=O) groups excluding carboxylic acids is 4. The summed E-state index contributed by atoms with van der Waals surface area (Å²) >= 11 is 6.07. The van der Waals surface area contributed by atoms with Gasteiger partial charge >= 0.3 is 5.97 Å². The minimum atomic E-state index is -0.742. The fourth-order valence-corrected chi connectivity index (χ4v) is 4.49. The number of carbonyl (C=O) groups is 4. The van der Waals surface area contributed by atoms with Crippen LogP contribution in [0, 0.1) is 0 Å². The summed E-state index contributed by atoms with van der Waals surface area (Å²) in [6, 6.07) is 11.4. The Bertz CT molecular complexity index is 1110. The van der Waals surface area contributed by atoms with Crippen molar-refractivity contribution in [1.29, 1.82) is 0 Å². The smallest absolute Gasteiger partial charge is 0.340 e. The molecule has 0 atom stereocenters. The molecule has 0 radical (unpaired) electrons. The van der Waals surface area contributed by atoms with Gasteiger partial charge in [-0.05, 0) is 49.6 Å². The minimum absolute atomic E-state index is 0.0958. The monoisotopic (exact) mass is 483 g/mol. The van der Waals surface area contributed by atoms with E-state index in [-0.39, 0.29) is 23.4 Å². The second-order valence-electron chi connectivity index (χ2n) is 8.44. The molecule has 2 aliphatic rings. The van der Waals surface area contributed by atoms with Gasteiger partial charge in [0, 0.05) is 24.0 Å².